The van der Waals surface area contributed by atoms with E-state index in [4.69, 9.17) is 9.47 Å². The lowest BCUT2D eigenvalue weighted by molar-refractivity contribution is 0.00492. The van der Waals surface area contributed by atoms with Gasteiger partial charge in [0, 0.05) is 0 Å². The molecule has 1 aliphatic rings. The molecule has 0 bridgehead atoms. The van der Waals surface area contributed by atoms with Gasteiger partial charge >= 0.3 is 0 Å². The molecule has 0 aromatic heterocycles. The highest BCUT2D eigenvalue weighted by atomic mass is 32.2. The van der Waals surface area contributed by atoms with Gasteiger partial charge in [-0.2, -0.15) is 0 Å². The highest BCUT2D eigenvalue weighted by Gasteiger charge is 2.32. The van der Waals surface area contributed by atoms with Crippen LogP contribution in [0.4, 0.5) is 4.39 Å². The molecule has 2 aromatic carbocycles. The number of halogens is 1. The van der Waals surface area contributed by atoms with Crippen molar-refractivity contribution in [3.63, 3.8) is 0 Å². The Bertz CT molecular complexity index is 775. The fourth-order valence-corrected chi connectivity index (χ4v) is 4.49. The quantitative estimate of drug-likeness (QED) is 0.806. The van der Waals surface area contributed by atoms with E-state index in [1.165, 1.54) is 12.1 Å². The van der Waals surface area contributed by atoms with Gasteiger partial charge < -0.3 is 9.47 Å². The molecular formula is C19H21FO4S. The molecule has 2 aromatic rings. The van der Waals surface area contributed by atoms with Crippen LogP contribution in [0, 0.1) is 5.82 Å². The first kappa shape index (κ1) is 17.9. The Labute approximate surface area is 147 Å². The van der Waals surface area contributed by atoms with E-state index in [-0.39, 0.29) is 23.4 Å². The monoisotopic (exact) mass is 364 g/mol. The van der Waals surface area contributed by atoms with Crippen LogP contribution in [0.1, 0.15) is 25.7 Å². The number of hydrogen-bond donors (Lipinski definition) is 0. The smallest absolute Gasteiger partial charge is 0.205 e. The predicted molar refractivity (Wildman–Crippen MR) is 92.7 cm³/mol. The molecule has 2 atom stereocenters. The number of benzene rings is 2. The molecule has 1 aliphatic heterocycles. The van der Waals surface area contributed by atoms with Gasteiger partial charge in [-0.15, -0.1) is 0 Å². The summed E-state index contributed by atoms with van der Waals surface area (Å²) in [5.41, 5.74) is -0.862. The molecule has 4 nitrogen and oxygen atoms in total. The van der Waals surface area contributed by atoms with Crippen LogP contribution in [-0.4, -0.2) is 26.6 Å². The van der Waals surface area contributed by atoms with Crippen LogP contribution in [0.3, 0.4) is 0 Å². The van der Waals surface area contributed by atoms with Crippen LogP contribution < -0.4 is 4.74 Å². The van der Waals surface area contributed by atoms with Gasteiger partial charge in [0.1, 0.15) is 18.2 Å². The van der Waals surface area contributed by atoms with Crippen molar-refractivity contribution in [3.8, 4) is 5.75 Å². The molecule has 0 radical (unpaired) electrons. The Kier molecular flexibility index (Phi) is 5.71. The van der Waals surface area contributed by atoms with Gasteiger partial charge in [0.05, 0.1) is 11.0 Å². The second-order valence-corrected chi connectivity index (χ2v) is 8.18. The maximum absolute atomic E-state index is 12.9. The zero-order chi connectivity index (χ0) is 17.7. The van der Waals surface area contributed by atoms with Crippen LogP contribution in [0.5, 0.6) is 5.75 Å². The predicted octanol–water partition coefficient (Wildman–Crippen LogP) is 3.96. The molecule has 0 N–H and O–H groups in total. The lowest BCUT2D eigenvalue weighted by Crippen LogP contribution is -2.31. The van der Waals surface area contributed by atoms with E-state index in [2.05, 4.69) is 0 Å². The highest BCUT2D eigenvalue weighted by molar-refractivity contribution is 7.91. The van der Waals surface area contributed by atoms with Gasteiger partial charge in [0.25, 0.3) is 0 Å². The normalized spacial score (nSPS) is 21.5. The van der Waals surface area contributed by atoms with Crippen molar-refractivity contribution < 1.29 is 22.3 Å². The summed E-state index contributed by atoms with van der Waals surface area (Å²) in [5, 5.41) is 0. The zero-order valence-electron chi connectivity index (χ0n) is 13.8. The van der Waals surface area contributed by atoms with Crippen LogP contribution in [0.15, 0.2) is 59.5 Å². The minimum absolute atomic E-state index is 0.243. The fourth-order valence-electron chi connectivity index (χ4n) is 2.87. The molecular weight excluding hydrogens is 343 g/mol. The largest absolute Gasteiger partial charge is 0.491 e. The van der Waals surface area contributed by atoms with Crippen molar-refractivity contribution >= 4 is 9.84 Å². The van der Waals surface area contributed by atoms with E-state index in [0.717, 1.165) is 19.3 Å². The van der Waals surface area contributed by atoms with E-state index >= 15 is 0 Å². The van der Waals surface area contributed by atoms with Gasteiger partial charge in [0.15, 0.2) is 5.44 Å². The van der Waals surface area contributed by atoms with Crippen molar-refractivity contribution in [1.82, 2.24) is 0 Å². The lowest BCUT2D eigenvalue weighted by atomic mass is 10.1. The van der Waals surface area contributed by atoms with Gasteiger partial charge in [0.2, 0.25) is 9.84 Å². The van der Waals surface area contributed by atoms with Crippen molar-refractivity contribution in [3.05, 3.63) is 60.4 Å². The first-order chi connectivity index (χ1) is 12.1. The van der Waals surface area contributed by atoms with E-state index in [1.807, 2.05) is 0 Å². The van der Waals surface area contributed by atoms with Crippen molar-refractivity contribution in [2.24, 2.45) is 0 Å². The van der Waals surface area contributed by atoms with Gasteiger partial charge in [-0.1, -0.05) is 24.6 Å². The molecule has 2 unspecified atom stereocenters. The molecule has 1 heterocycles. The number of rotatable bonds is 5. The van der Waals surface area contributed by atoms with E-state index in [9.17, 15) is 12.8 Å². The molecule has 3 rings (SSSR count). The molecule has 1 saturated heterocycles. The molecule has 1 fully saturated rings. The van der Waals surface area contributed by atoms with Crippen molar-refractivity contribution in [2.45, 2.75) is 42.1 Å². The molecule has 134 valence electrons. The third kappa shape index (κ3) is 4.58. The summed E-state index contributed by atoms with van der Waals surface area (Å²) in [4.78, 5) is 0.278. The Morgan fingerprint density at radius 2 is 1.68 bits per heavy atom. The minimum Gasteiger partial charge on any atom is -0.491 e. The van der Waals surface area contributed by atoms with Crippen molar-refractivity contribution in [2.75, 3.05) is 6.61 Å². The summed E-state index contributed by atoms with van der Waals surface area (Å²) in [5.74, 6) is 0.212. The van der Waals surface area contributed by atoms with E-state index in [1.54, 1.807) is 42.5 Å². The summed E-state index contributed by atoms with van der Waals surface area (Å²) >= 11 is 0. The second kappa shape index (κ2) is 7.97. The summed E-state index contributed by atoms with van der Waals surface area (Å²) in [6.07, 6.45) is 2.59. The maximum atomic E-state index is 12.9. The molecule has 25 heavy (non-hydrogen) atoms. The molecule has 0 amide bonds. The van der Waals surface area contributed by atoms with E-state index < -0.39 is 15.3 Å². The van der Waals surface area contributed by atoms with Crippen molar-refractivity contribution in [1.29, 1.82) is 0 Å². The van der Waals surface area contributed by atoms with E-state index in [0.29, 0.717) is 12.2 Å². The Morgan fingerprint density at radius 1 is 1.00 bits per heavy atom. The van der Waals surface area contributed by atoms with Crippen LogP contribution in [-0.2, 0) is 14.6 Å². The first-order valence-corrected chi connectivity index (χ1v) is 9.93. The average Bonchev–Trinajstić information content (AvgIpc) is 2.88. The van der Waals surface area contributed by atoms with Crippen LogP contribution in [0.2, 0.25) is 0 Å². The SMILES string of the molecule is O=S(=O)(c1ccccc1)C1CCCCC(COc2ccc(F)cc2)O1. The second-order valence-electron chi connectivity index (χ2n) is 6.10. The van der Waals surface area contributed by atoms with Gasteiger partial charge in [-0.25, -0.2) is 12.8 Å². The molecule has 6 heteroatoms. The minimum atomic E-state index is -3.53. The highest BCUT2D eigenvalue weighted by Crippen LogP contribution is 2.27. The third-order valence-electron chi connectivity index (χ3n) is 4.23. The Hall–Kier alpha value is -1.92. The summed E-state index contributed by atoms with van der Waals surface area (Å²) in [7, 11) is -3.53. The average molecular weight is 364 g/mol. The van der Waals surface area contributed by atoms with Gasteiger partial charge in [-0.05, 0) is 55.7 Å². The van der Waals surface area contributed by atoms with Crippen LogP contribution in [0.25, 0.3) is 0 Å². The maximum Gasteiger partial charge on any atom is 0.205 e. The first-order valence-electron chi connectivity index (χ1n) is 8.38. The van der Waals surface area contributed by atoms with Gasteiger partial charge in [-0.3, -0.25) is 0 Å². The summed E-state index contributed by atoms with van der Waals surface area (Å²) in [6.45, 7) is 0.243. The fraction of sp³-hybridized carbons (Fsp3) is 0.368. The standard InChI is InChI=1S/C19H21FO4S/c20-15-10-12-16(13-11-15)23-14-17-6-4-5-9-19(24-17)25(21,22)18-7-2-1-3-8-18/h1-3,7-8,10-13,17,19H,4-6,9,14H2. The Morgan fingerprint density at radius 3 is 2.40 bits per heavy atom. The number of ether oxygens (including phenoxy) is 2. The van der Waals surface area contributed by atoms with Crippen LogP contribution >= 0.6 is 0 Å². The lowest BCUT2D eigenvalue weighted by Gasteiger charge is -2.22. The zero-order valence-corrected chi connectivity index (χ0v) is 14.6. The topological polar surface area (TPSA) is 52.6 Å². The molecule has 0 spiro atoms. The third-order valence-corrected chi connectivity index (χ3v) is 6.20. The molecule has 0 saturated carbocycles. The summed E-state index contributed by atoms with van der Waals surface area (Å²) < 4.78 is 50.0. The molecule has 0 aliphatic carbocycles. The number of sulfone groups is 1. The summed E-state index contributed by atoms with van der Waals surface area (Å²) in [6, 6.07) is 14.1. The Balaban J connectivity index is 1.67. The number of hydrogen-bond acceptors (Lipinski definition) is 4.